The quantitative estimate of drug-likeness (QED) is 0.256. The number of nitro groups is 1. The SMILES string of the molecule is Cc1cccc(NC(=O)COc2c(Cl)cc(/C=N/NC(=O)c3ccc([N+](=O)[O-])cc3)cc2Cl)c1. The van der Waals surface area contributed by atoms with Crippen LogP contribution in [0.4, 0.5) is 11.4 Å². The number of halogens is 2. The van der Waals surface area contributed by atoms with Crippen LogP contribution in [-0.2, 0) is 4.79 Å². The lowest BCUT2D eigenvalue weighted by Gasteiger charge is -2.11. The number of carbonyl (C=O) groups excluding carboxylic acids is 2. The Balaban J connectivity index is 1.57. The number of hydrazone groups is 1. The molecule has 174 valence electrons. The number of hydrogen-bond acceptors (Lipinski definition) is 6. The molecule has 0 atom stereocenters. The van der Waals surface area contributed by atoms with Crippen molar-refractivity contribution >= 4 is 52.6 Å². The Kier molecular flexibility index (Phi) is 8.18. The summed E-state index contributed by atoms with van der Waals surface area (Å²) < 4.78 is 5.48. The highest BCUT2D eigenvalue weighted by Gasteiger charge is 2.12. The number of nitro benzene ring substituents is 1. The average molecular weight is 501 g/mol. The van der Waals surface area contributed by atoms with Gasteiger partial charge in [-0.05, 0) is 54.4 Å². The lowest BCUT2D eigenvalue weighted by atomic mass is 10.2. The predicted molar refractivity (Wildman–Crippen MR) is 130 cm³/mol. The van der Waals surface area contributed by atoms with E-state index in [1.165, 1.54) is 42.6 Å². The lowest BCUT2D eigenvalue weighted by Crippen LogP contribution is -2.20. The van der Waals surface area contributed by atoms with Gasteiger partial charge in [-0.3, -0.25) is 19.7 Å². The van der Waals surface area contributed by atoms with Gasteiger partial charge in [-0.25, -0.2) is 5.43 Å². The molecule has 3 aromatic carbocycles. The van der Waals surface area contributed by atoms with Crippen LogP contribution in [0.25, 0.3) is 0 Å². The van der Waals surface area contributed by atoms with E-state index in [9.17, 15) is 19.7 Å². The van der Waals surface area contributed by atoms with E-state index in [1.807, 2.05) is 25.1 Å². The second-order valence-electron chi connectivity index (χ2n) is 7.02. The van der Waals surface area contributed by atoms with E-state index in [4.69, 9.17) is 27.9 Å². The standard InChI is InChI=1S/C23H18Cl2N4O5/c1-14-3-2-4-17(9-14)27-21(30)13-34-22-19(24)10-15(11-20(22)25)12-26-28-23(31)16-5-7-18(8-6-16)29(32)33/h2-12H,13H2,1H3,(H,27,30)(H,28,31)/b26-12+. The minimum absolute atomic E-state index is 0.126. The Morgan fingerprint density at radius 3 is 2.38 bits per heavy atom. The van der Waals surface area contributed by atoms with Crippen molar-refractivity contribution in [2.24, 2.45) is 5.10 Å². The number of nitrogens with one attached hydrogen (secondary N) is 2. The molecule has 0 aliphatic carbocycles. The summed E-state index contributed by atoms with van der Waals surface area (Å²) in [6.45, 7) is 1.61. The van der Waals surface area contributed by atoms with Crippen molar-refractivity contribution in [2.75, 3.05) is 11.9 Å². The van der Waals surface area contributed by atoms with Crippen molar-refractivity contribution < 1.29 is 19.2 Å². The number of non-ortho nitro benzene ring substituents is 1. The van der Waals surface area contributed by atoms with Gasteiger partial charge in [-0.2, -0.15) is 5.10 Å². The third-order valence-electron chi connectivity index (χ3n) is 4.39. The molecule has 0 saturated heterocycles. The van der Waals surface area contributed by atoms with Crippen LogP contribution in [0, 0.1) is 17.0 Å². The molecule has 9 nitrogen and oxygen atoms in total. The van der Waals surface area contributed by atoms with Crippen LogP contribution in [0.5, 0.6) is 5.75 Å². The lowest BCUT2D eigenvalue weighted by molar-refractivity contribution is -0.384. The van der Waals surface area contributed by atoms with Gasteiger partial charge in [0.2, 0.25) is 0 Å². The zero-order valence-corrected chi connectivity index (χ0v) is 19.3. The maximum Gasteiger partial charge on any atom is 0.271 e. The van der Waals surface area contributed by atoms with Crippen molar-refractivity contribution in [3.8, 4) is 5.75 Å². The number of rotatable bonds is 8. The summed E-state index contributed by atoms with van der Waals surface area (Å²) in [5.41, 5.74) is 4.50. The van der Waals surface area contributed by atoms with Crippen molar-refractivity contribution in [2.45, 2.75) is 6.92 Å². The molecule has 0 radical (unpaired) electrons. The number of aryl methyl sites for hydroxylation is 1. The van der Waals surface area contributed by atoms with Gasteiger partial charge in [0, 0.05) is 23.4 Å². The van der Waals surface area contributed by atoms with Crippen LogP contribution in [0.2, 0.25) is 10.0 Å². The molecule has 2 N–H and O–H groups in total. The van der Waals surface area contributed by atoms with Gasteiger partial charge in [-0.1, -0.05) is 35.3 Å². The smallest absolute Gasteiger partial charge is 0.271 e. The Hall–Kier alpha value is -3.95. The van der Waals surface area contributed by atoms with Crippen LogP contribution in [0.15, 0.2) is 65.8 Å². The fourth-order valence-corrected chi connectivity index (χ4v) is 3.43. The fraction of sp³-hybridized carbons (Fsp3) is 0.0870. The molecule has 3 rings (SSSR count). The van der Waals surface area contributed by atoms with E-state index in [0.29, 0.717) is 11.3 Å². The number of hydrogen-bond donors (Lipinski definition) is 2. The first kappa shape index (κ1) is 24.7. The first-order chi connectivity index (χ1) is 16.2. The van der Waals surface area contributed by atoms with Crippen LogP contribution in [0.1, 0.15) is 21.5 Å². The van der Waals surface area contributed by atoms with Crippen molar-refractivity contribution in [1.29, 1.82) is 0 Å². The second-order valence-corrected chi connectivity index (χ2v) is 7.84. The van der Waals surface area contributed by atoms with Gasteiger partial charge < -0.3 is 10.1 Å². The van der Waals surface area contributed by atoms with Crippen molar-refractivity contribution in [1.82, 2.24) is 5.43 Å². The maximum absolute atomic E-state index is 12.1. The predicted octanol–water partition coefficient (Wildman–Crippen LogP) is 4.99. The maximum atomic E-state index is 12.1. The van der Waals surface area contributed by atoms with Gasteiger partial charge in [0.05, 0.1) is 21.2 Å². The molecule has 0 unspecified atom stereocenters. The summed E-state index contributed by atoms with van der Waals surface area (Å²) >= 11 is 12.5. The number of anilines is 1. The molecule has 0 fully saturated rings. The summed E-state index contributed by atoms with van der Waals surface area (Å²) in [4.78, 5) is 34.4. The van der Waals surface area contributed by atoms with Gasteiger partial charge >= 0.3 is 0 Å². The third-order valence-corrected chi connectivity index (χ3v) is 4.95. The van der Waals surface area contributed by atoms with Crippen LogP contribution in [-0.4, -0.2) is 29.6 Å². The number of nitrogens with zero attached hydrogens (tertiary/aromatic N) is 2. The number of amides is 2. The van der Waals surface area contributed by atoms with E-state index >= 15 is 0 Å². The van der Waals surface area contributed by atoms with E-state index in [1.54, 1.807) is 6.07 Å². The molecule has 0 aromatic heterocycles. The molecule has 0 aliphatic heterocycles. The molecule has 2 amide bonds. The minimum Gasteiger partial charge on any atom is -0.481 e. The first-order valence-electron chi connectivity index (χ1n) is 9.79. The van der Waals surface area contributed by atoms with Crippen molar-refractivity contribution in [3.05, 3.63) is 97.5 Å². The summed E-state index contributed by atoms with van der Waals surface area (Å²) in [7, 11) is 0. The van der Waals surface area contributed by atoms with E-state index < -0.39 is 10.8 Å². The minimum atomic E-state index is -0.558. The zero-order valence-electron chi connectivity index (χ0n) is 17.7. The number of ether oxygens (including phenoxy) is 1. The highest BCUT2D eigenvalue weighted by atomic mass is 35.5. The Morgan fingerprint density at radius 2 is 1.76 bits per heavy atom. The second kappa shape index (κ2) is 11.3. The zero-order chi connectivity index (χ0) is 24.7. The Morgan fingerprint density at radius 1 is 1.09 bits per heavy atom. The molecular formula is C23H18Cl2N4O5. The summed E-state index contributed by atoms with van der Waals surface area (Å²) in [5, 5.41) is 17.5. The molecule has 34 heavy (non-hydrogen) atoms. The highest BCUT2D eigenvalue weighted by molar-refractivity contribution is 6.37. The van der Waals surface area contributed by atoms with Crippen LogP contribution >= 0.6 is 23.2 Å². The van der Waals surface area contributed by atoms with Gasteiger partial charge in [0.25, 0.3) is 17.5 Å². The van der Waals surface area contributed by atoms with E-state index in [0.717, 1.165) is 5.56 Å². The Labute approximate surface area is 204 Å². The largest absolute Gasteiger partial charge is 0.481 e. The molecule has 11 heteroatoms. The summed E-state index contributed by atoms with van der Waals surface area (Å²) in [6.07, 6.45) is 1.31. The normalized spacial score (nSPS) is 10.7. The van der Waals surface area contributed by atoms with Crippen LogP contribution < -0.4 is 15.5 Å². The van der Waals surface area contributed by atoms with Crippen molar-refractivity contribution in [3.63, 3.8) is 0 Å². The first-order valence-corrected chi connectivity index (χ1v) is 10.5. The monoisotopic (exact) mass is 500 g/mol. The van der Waals surface area contributed by atoms with Gasteiger partial charge in [0.15, 0.2) is 12.4 Å². The van der Waals surface area contributed by atoms with E-state index in [-0.39, 0.29) is 39.6 Å². The molecular weight excluding hydrogens is 483 g/mol. The molecule has 0 spiro atoms. The Bertz CT molecular complexity index is 1240. The summed E-state index contributed by atoms with van der Waals surface area (Å²) in [6, 6.07) is 15.4. The highest BCUT2D eigenvalue weighted by Crippen LogP contribution is 2.33. The molecule has 0 aliphatic rings. The van der Waals surface area contributed by atoms with Crippen LogP contribution in [0.3, 0.4) is 0 Å². The third kappa shape index (κ3) is 6.77. The molecule has 0 saturated carbocycles. The summed E-state index contributed by atoms with van der Waals surface area (Å²) in [5.74, 6) is -0.796. The molecule has 0 heterocycles. The number of carbonyl (C=O) groups is 2. The molecule has 0 bridgehead atoms. The molecule has 3 aromatic rings. The van der Waals surface area contributed by atoms with Gasteiger partial charge in [0.1, 0.15) is 0 Å². The topological polar surface area (TPSA) is 123 Å². The van der Waals surface area contributed by atoms with E-state index in [2.05, 4.69) is 15.8 Å². The number of benzene rings is 3. The van der Waals surface area contributed by atoms with Gasteiger partial charge in [-0.15, -0.1) is 0 Å². The average Bonchev–Trinajstić information content (AvgIpc) is 2.78. The fourth-order valence-electron chi connectivity index (χ4n) is 2.81.